The van der Waals surface area contributed by atoms with Gasteiger partial charge in [-0.05, 0) is 43.5 Å². The molecule has 1 aromatic heterocycles. The van der Waals surface area contributed by atoms with Crippen LogP contribution in [0.3, 0.4) is 0 Å². The smallest absolute Gasteiger partial charge is 0.128 e. The Kier molecular flexibility index (Phi) is 5.51. The Morgan fingerprint density at radius 3 is 2.58 bits per heavy atom. The second-order valence-corrected chi connectivity index (χ2v) is 7.41. The molecule has 4 heteroatoms. The van der Waals surface area contributed by atoms with E-state index in [9.17, 15) is 0 Å². The maximum Gasteiger partial charge on any atom is 0.128 e. The Bertz CT molecular complexity index is 713. The first-order chi connectivity index (χ1) is 12.8. The topological polar surface area (TPSA) is 28.6 Å². The van der Waals surface area contributed by atoms with Gasteiger partial charge in [0.15, 0.2) is 0 Å². The molecule has 0 spiro atoms. The van der Waals surface area contributed by atoms with Crippen LogP contribution in [0.4, 0.5) is 5.82 Å². The van der Waals surface area contributed by atoms with Gasteiger partial charge in [-0.2, -0.15) is 0 Å². The van der Waals surface area contributed by atoms with Gasteiger partial charge in [-0.25, -0.2) is 4.98 Å². The minimum atomic E-state index is 0.482. The van der Waals surface area contributed by atoms with Gasteiger partial charge in [-0.3, -0.25) is 4.90 Å². The number of anilines is 1. The molecule has 0 bridgehead atoms. The first kappa shape index (κ1) is 17.5. The molecule has 1 atom stereocenters. The molecule has 2 fully saturated rings. The summed E-state index contributed by atoms with van der Waals surface area (Å²) in [4.78, 5) is 9.93. The van der Waals surface area contributed by atoms with Crippen molar-refractivity contribution in [3.63, 3.8) is 0 Å². The Balaban J connectivity index is 1.54. The van der Waals surface area contributed by atoms with Crippen LogP contribution in [0.1, 0.15) is 42.1 Å². The van der Waals surface area contributed by atoms with Crippen LogP contribution in [0.2, 0.25) is 0 Å². The van der Waals surface area contributed by atoms with E-state index in [-0.39, 0.29) is 0 Å². The number of ether oxygens (including phenoxy) is 1. The summed E-state index contributed by atoms with van der Waals surface area (Å²) in [6.45, 7) is 7.85. The Labute approximate surface area is 156 Å². The van der Waals surface area contributed by atoms with Gasteiger partial charge in [0.05, 0.1) is 13.2 Å². The molecule has 2 aliphatic rings. The average Bonchev–Trinajstić information content (AvgIpc) is 2.70. The number of hydrogen-bond acceptors (Lipinski definition) is 4. The van der Waals surface area contributed by atoms with Gasteiger partial charge in [0.1, 0.15) is 5.82 Å². The molecule has 0 unspecified atom stereocenters. The van der Waals surface area contributed by atoms with Crippen LogP contribution in [0.25, 0.3) is 0 Å². The standard InChI is InChI=1S/C22H29N3O/c1-18-20(10-11-22(23-18)24-13-15-26-16-14-24)21-9-5-6-12-25(21)17-19-7-3-2-4-8-19/h2-4,7-8,10-11,21H,5-6,9,12-17H2,1H3/t21-/m0/s1. The quantitative estimate of drug-likeness (QED) is 0.834. The summed E-state index contributed by atoms with van der Waals surface area (Å²) in [6.07, 6.45) is 3.83. The van der Waals surface area contributed by atoms with E-state index in [1.807, 2.05) is 0 Å². The molecule has 0 aliphatic carbocycles. The van der Waals surface area contributed by atoms with Gasteiger partial charge in [-0.15, -0.1) is 0 Å². The molecule has 0 radical (unpaired) electrons. The van der Waals surface area contributed by atoms with Crippen LogP contribution in [0, 0.1) is 6.92 Å². The molecule has 138 valence electrons. The predicted octanol–water partition coefficient (Wildman–Crippen LogP) is 3.95. The van der Waals surface area contributed by atoms with Crippen LogP contribution in [-0.2, 0) is 11.3 Å². The van der Waals surface area contributed by atoms with Crippen molar-refractivity contribution in [1.29, 1.82) is 0 Å². The van der Waals surface area contributed by atoms with Gasteiger partial charge in [0, 0.05) is 31.4 Å². The monoisotopic (exact) mass is 351 g/mol. The van der Waals surface area contributed by atoms with Crippen molar-refractivity contribution in [2.24, 2.45) is 0 Å². The first-order valence-electron chi connectivity index (χ1n) is 9.89. The number of benzene rings is 1. The highest BCUT2D eigenvalue weighted by atomic mass is 16.5. The average molecular weight is 351 g/mol. The van der Waals surface area contributed by atoms with Gasteiger partial charge >= 0.3 is 0 Å². The fourth-order valence-corrected chi connectivity index (χ4v) is 4.23. The third-order valence-electron chi connectivity index (χ3n) is 5.65. The summed E-state index contributed by atoms with van der Waals surface area (Å²) in [5, 5.41) is 0. The number of rotatable bonds is 4. The molecule has 0 amide bonds. The lowest BCUT2D eigenvalue weighted by atomic mass is 9.93. The number of piperidine rings is 1. The normalized spacial score (nSPS) is 21.7. The molecule has 0 saturated carbocycles. The third-order valence-corrected chi connectivity index (χ3v) is 5.65. The highest BCUT2D eigenvalue weighted by molar-refractivity contribution is 5.43. The highest BCUT2D eigenvalue weighted by Gasteiger charge is 2.26. The lowest BCUT2D eigenvalue weighted by Crippen LogP contribution is -2.37. The largest absolute Gasteiger partial charge is 0.378 e. The van der Waals surface area contributed by atoms with Crippen LogP contribution in [0.15, 0.2) is 42.5 Å². The van der Waals surface area contributed by atoms with Crippen molar-refractivity contribution in [2.45, 2.75) is 38.8 Å². The summed E-state index contributed by atoms with van der Waals surface area (Å²) in [5.74, 6) is 1.10. The van der Waals surface area contributed by atoms with Crippen molar-refractivity contribution < 1.29 is 4.74 Å². The molecule has 4 nitrogen and oxygen atoms in total. The number of morpholine rings is 1. The van der Waals surface area contributed by atoms with E-state index in [2.05, 4.69) is 59.2 Å². The first-order valence-corrected chi connectivity index (χ1v) is 9.89. The van der Waals surface area contributed by atoms with Crippen LogP contribution < -0.4 is 4.90 Å². The zero-order valence-corrected chi connectivity index (χ0v) is 15.7. The van der Waals surface area contributed by atoms with Crippen LogP contribution >= 0.6 is 0 Å². The van der Waals surface area contributed by atoms with Crippen molar-refractivity contribution in [3.05, 3.63) is 59.3 Å². The number of aromatic nitrogens is 1. The molecule has 2 saturated heterocycles. The highest BCUT2D eigenvalue weighted by Crippen LogP contribution is 2.34. The second-order valence-electron chi connectivity index (χ2n) is 7.41. The van der Waals surface area contributed by atoms with Gasteiger partial charge in [-0.1, -0.05) is 42.8 Å². The molecule has 26 heavy (non-hydrogen) atoms. The summed E-state index contributed by atoms with van der Waals surface area (Å²) in [7, 11) is 0. The molecule has 2 aliphatic heterocycles. The molecule has 1 aromatic carbocycles. The lowest BCUT2D eigenvalue weighted by Gasteiger charge is -2.37. The molecular formula is C22H29N3O. The van der Waals surface area contributed by atoms with Crippen LogP contribution in [-0.4, -0.2) is 42.7 Å². The maximum absolute atomic E-state index is 5.46. The van der Waals surface area contributed by atoms with Crippen molar-refractivity contribution >= 4 is 5.82 Å². The molecular weight excluding hydrogens is 322 g/mol. The van der Waals surface area contributed by atoms with E-state index in [0.29, 0.717) is 6.04 Å². The van der Waals surface area contributed by atoms with Gasteiger partial charge in [0.2, 0.25) is 0 Å². The van der Waals surface area contributed by atoms with E-state index in [1.165, 1.54) is 42.6 Å². The molecule has 4 rings (SSSR count). The number of pyridine rings is 1. The SMILES string of the molecule is Cc1nc(N2CCOCC2)ccc1[C@@H]1CCCCN1Cc1ccccc1. The maximum atomic E-state index is 5.46. The zero-order valence-electron chi connectivity index (χ0n) is 15.7. The van der Waals surface area contributed by atoms with E-state index >= 15 is 0 Å². The number of nitrogens with zero attached hydrogens (tertiary/aromatic N) is 3. The zero-order chi connectivity index (χ0) is 17.8. The third kappa shape index (κ3) is 3.92. The van der Waals surface area contributed by atoms with Crippen LogP contribution in [0.5, 0.6) is 0 Å². The van der Waals surface area contributed by atoms with E-state index < -0.39 is 0 Å². The predicted molar refractivity (Wildman–Crippen MR) is 105 cm³/mol. The van der Waals surface area contributed by atoms with Crippen molar-refractivity contribution in [2.75, 3.05) is 37.7 Å². The molecule has 3 heterocycles. The minimum absolute atomic E-state index is 0.482. The van der Waals surface area contributed by atoms with E-state index in [1.54, 1.807) is 0 Å². The molecule has 0 N–H and O–H groups in total. The fraction of sp³-hybridized carbons (Fsp3) is 0.500. The van der Waals surface area contributed by atoms with Gasteiger partial charge < -0.3 is 9.64 Å². The van der Waals surface area contributed by atoms with E-state index in [0.717, 1.165) is 38.7 Å². The summed E-state index contributed by atoms with van der Waals surface area (Å²) in [5.41, 5.74) is 3.98. The van der Waals surface area contributed by atoms with Gasteiger partial charge in [0.25, 0.3) is 0 Å². The Morgan fingerprint density at radius 1 is 1.00 bits per heavy atom. The number of aryl methyl sites for hydroxylation is 1. The summed E-state index contributed by atoms with van der Waals surface area (Å²) >= 11 is 0. The Morgan fingerprint density at radius 2 is 1.81 bits per heavy atom. The fourth-order valence-electron chi connectivity index (χ4n) is 4.23. The molecule has 2 aromatic rings. The number of hydrogen-bond donors (Lipinski definition) is 0. The number of likely N-dealkylation sites (tertiary alicyclic amines) is 1. The summed E-state index contributed by atoms with van der Waals surface area (Å²) < 4.78 is 5.46. The second kappa shape index (κ2) is 8.19. The lowest BCUT2D eigenvalue weighted by molar-refractivity contribution is 0.122. The Hall–Kier alpha value is -1.91. The van der Waals surface area contributed by atoms with Crippen molar-refractivity contribution in [3.8, 4) is 0 Å². The summed E-state index contributed by atoms with van der Waals surface area (Å²) in [6, 6.07) is 15.8. The minimum Gasteiger partial charge on any atom is -0.378 e. The van der Waals surface area contributed by atoms with E-state index in [4.69, 9.17) is 9.72 Å². The van der Waals surface area contributed by atoms with Crippen molar-refractivity contribution in [1.82, 2.24) is 9.88 Å².